The number of carboxylic acid groups (broad SMARTS) is 1. The summed E-state index contributed by atoms with van der Waals surface area (Å²) in [5.41, 5.74) is 4.28. The Balaban J connectivity index is 1.44. The highest BCUT2D eigenvalue weighted by molar-refractivity contribution is 9.10. The predicted octanol–water partition coefficient (Wildman–Crippen LogP) is 7.32. The number of carboxylic acids is 1. The third kappa shape index (κ3) is 5.53. The van der Waals surface area contributed by atoms with Crippen LogP contribution in [0.2, 0.25) is 0 Å². The third-order valence-electron chi connectivity index (χ3n) is 6.50. The predicted molar refractivity (Wildman–Crippen MR) is 137 cm³/mol. The molecule has 5 nitrogen and oxygen atoms in total. The normalized spacial score (nSPS) is 19.1. The Labute approximate surface area is 206 Å². The van der Waals surface area contributed by atoms with Crippen LogP contribution in [0.5, 0.6) is 0 Å². The first kappa shape index (κ1) is 24.1. The number of fused-ring (bicyclic) bond motifs is 1. The minimum atomic E-state index is -0.714. The largest absolute Gasteiger partial charge is 0.481 e. The van der Waals surface area contributed by atoms with E-state index in [1.807, 2.05) is 25.1 Å². The molecule has 2 aromatic heterocycles. The minimum absolute atomic E-state index is 0.258. The molecule has 1 aliphatic carbocycles. The van der Waals surface area contributed by atoms with E-state index in [0.29, 0.717) is 33.1 Å². The van der Waals surface area contributed by atoms with Crippen molar-refractivity contribution in [3.63, 3.8) is 0 Å². The molecule has 2 heterocycles. The fraction of sp³-hybridized carbons (Fsp3) is 0.296. The summed E-state index contributed by atoms with van der Waals surface area (Å²) in [6.45, 7) is 6.14. The first-order valence-electron chi connectivity index (χ1n) is 11.4. The molecule has 0 spiro atoms. The molecule has 1 fully saturated rings. The highest BCUT2D eigenvalue weighted by Gasteiger charge is 2.24. The molecule has 0 bridgehead atoms. The second-order valence-corrected chi connectivity index (χ2v) is 9.56. The summed E-state index contributed by atoms with van der Waals surface area (Å²) in [4.78, 5) is 22.8. The van der Waals surface area contributed by atoms with E-state index in [1.54, 1.807) is 12.1 Å². The lowest BCUT2D eigenvalue weighted by atomic mass is 9.77. The number of carbonyl (C=O) groups is 1. The number of hydrogen-bond donors (Lipinski definition) is 2. The van der Waals surface area contributed by atoms with Crippen LogP contribution in [-0.4, -0.2) is 26.0 Å². The van der Waals surface area contributed by atoms with Crippen LogP contribution in [-0.2, 0) is 4.79 Å². The molecular weight excluding hydrogens is 497 g/mol. The van der Waals surface area contributed by atoms with Crippen LogP contribution in [0.15, 0.2) is 65.3 Å². The van der Waals surface area contributed by atoms with Crippen molar-refractivity contribution < 1.29 is 14.3 Å². The lowest BCUT2D eigenvalue weighted by Gasteiger charge is -2.28. The van der Waals surface area contributed by atoms with E-state index in [1.165, 1.54) is 11.6 Å². The maximum Gasteiger partial charge on any atom is 0.303 e. The third-order valence-corrected chi connectivity index (χ3v) is 6.94. The van der Waals surface area contributed by atoms with Gasteiger partial charge in [-0.2, -0.15) is 0 Å². The van der Waals surface area contributed by atoms with Gasteiger partial charge in [0, 0.05) is 6.42 Å². The van der Waals surface area contributed by atoms with Gasteiger partial charge in [-0.15, -0.1) is 0 Å². The molecule has 7 heteroatoms. The Morgan fingerprint density at radius 3 is 2.65 bits per heavy atom. The molecule has 0 amide bonds. The van der Waals surface area contributed by atoms with Gasteiger partial charge in [0.25, 0.3) is 0 Å². The summed E-state index contributed by atoms with van der Waals surface area (Å²) in [6.07, 6.45) is 10.2. The number of imidazole rings is 1. The fourth-order valence-corrected chi connectivity index (χ4v) is 4.91. The Kier molecular flexibility index (Phi) is 7.41. The lowest BCUT2D eigenvalue weighted by molar-refractivity contribution is -0.138. The van der Waals surface area contributed by atoms with E-state index in [4.69, 9.17) is 5.11 Å². The Morgan fingerprint density at radius 1 is 1.21 bits per heavy atom. The standard InChI is InChI=1S/C27H27BrFN3O2/c1-3-18(19-8-5-17(6-9-19)14-25(33)34)7-4-16(2)20-10-11-21(22(29)15-20)26-30-23-12-13-24(28)31-27(23)32-26/h3-4,7,10-13,15,17,19H,2,5-6,8-9,14H2,1H3,(H,33,34)(H,30,31,32)/b7-4-,18-3?. The van der Waals surface area contributed by atoms with Crippen LogP contribution >= 0.6 is 15.9 Å². The summed E-state index contributed by atoms with van der Waals surface area (Å²) in [7, 11) is 0. The first-order chi connectivity index (χ1) is 16.3. The van der Waals surface area contributed by atoms with Crippen LogP contribution in [0.25, 0.3) is 28.1 Å². The monoisotopic (exact) mass is 523 g/mol. The van der Waals surface area contributed by atoms with Gasteiger partial charge in [-0.25, -0.2) is 14.4 Å². The molecule has 0 atom stereocenters. The minimum Gasteiger partial charge on any atom is -0.481 e. The van der Waals surface area contributed by atoms with Gasteiger partial charge in [-0.05, 0) is 101 Å². The number of rotatable bonds is 7. The molecule has 176 valence electrons. The molecule has 4 rings (SSSR count). The zero-order valence-electron chi connectivity index (χ0n) is 19.0. The number of nitrogens with one attached hydrogen (secondary N) is 1. The molecule has 3 aromatic rings. The summed E-state index contributed by atoms with van der Waals surface area (Å²) in [5, 5.41) is 9.02. The van der Waals surface area contributed by atoms with Crippen molar-refractivity contribution in [1.29, 1.82) is 0 Å². The summed E-state index contributed by atoms with van der Waals surface area (Å²) in [5.74, 6) is 0.0270. The van der Waals surface area contributed by atoms with E-state index in [0.717, 1.165) is 36.8 Å². The second-order valence-electron chi connectivity index (χ2n) is 8.75. The van der Waals surface area contributed by atoms with Gasteiger partial charge in [0.05, 0.1) is 11.1 Å². The molecule has 2 N–H and O–H groups in total. The average Bonchev–Trinajstić information content (AvgIpc) is 3.22. The Bertz CT molecular complexity index is 1290. The van der Waals surface area contributed by atoms with E-state index in [-0.39, 0.29) is 18.2 Å². The van der Waals surface area contributed by atoms with Crippen molar-refractivity contribution in [2.24, 2.45) is 11.8 Å². The topological polar surface area (TPSA) is 78.9 Å². The number of allylic oxidation sites excluding steroid dienone is 5. The molecule has 0 aliphatic heterocycles. The maximum absolute atomic E-state index is 15.0. The Morgan fingerprint density at radius 2 is 1.97 bits per heavy atom. The lowest BCUT2D eigenvalue weighted by Crippen LogP contribution is -2.18. The van der Waals surface area contributed by atoms with Crippen LogP contribution in [0.4, 0.5) is 4.39 Å². The number of hydrogen-bond acceptors (Lipinski definition) is 3. The second kappa shape index (κ2) is 10.5. The van der Waals surface area contributed by atoms with Crippen molar-refractivity contribution in [1.82, 2.24) is 15.0 Å². The van der Waals surface area contributed by atoms with Crippen LogP contribution < -0.4 is 0 Å². The number of H-pyrrole nitrogens is 1. The summed E-state index contributed by atoms with van der Waals surface area (Å²) >= 11 is 3.32. The van der Waals surface area contributed by atoms with Gasteiger partial charge in [0.15, 0.2) is 5.65 Å². The molecule has 0 radical (unpaired) electrons. The average molecular weight is 524 g/mol. The molecular formula is C27H27BrFN3O2. The van der Waals surface area contributed by atoms with Gasteiger partial charge in [0.1, 0.15) is 16.2 Å². The van der Waals surface area contributed by atoms with Crippen molar-refractivity contribution in [3.05, 3.63) is 76.7 Å². The van der Waals surface area contributed by atoms with Crippen LogP contribution in [0.3, 0.4) is 0 Å². The van der Waals surface area contributed by atoms with Crippen LogP contribution in [0.1, 0.15) is 44.6 Å². The van der Waals surface area contributed by atoms with Gasteiger partial charge in [0.2, 0.25) is 0 Å². The molecule has 1 aromatic carbocycles. The van der Waals surface area contributed by atoms with Gasteiger partial charge in [-0.1, -0.05) is 30.9 Å². The molecule has 0 unspecified atom stereocenters. The number of nitrogens with zero attached hydrogens (tertiary/aromatic N) is 2. The quantitative estimate of drug-likeness (QED) is 0.251. The number of pyridine rings is 1. The maximum atomic E-state index is 15.0. The van der Waals surface area contributed by atoms with E-state index in [9.17, 15) is 9.18 Å². The van der Waals surface area contributed by atoms with E-state index >= 15 is 0 Å². The van der Waals surface area contributed by atoms with Gasteiger partial charge >= 0.3 is 5.97 Å². The van der Waals surface area contributed by atoms with E-state index < -0.39 is 5.97 Å². The van der Waals surface area contributed by atoms with Gasteiger partial charge < -0.3 is 10.1 Å². The molecule has 0 saturated heterocycles. The zero-order chi connectivity index (χ0) is 24.2. The van der Waals surface area contributed by atoms with Crippen molar-refractivity contribution in [2.45, 2.75) is 39.0 Å². The van der Waals surface area contributed by atoms with Crippen LogP contribution in [0, 0.1) is 17.7 Å². The SMILES string of the molecule is C=C(/C=C\C(=CC)C1CCC(CC(=O)O)CC1)c1ccc(-c2nc3nc(Br)ccc3[nH]2)c(F)c1. The van der Waals surface area contributed by atoms with Gasteiger partial charge in [-0.3, -0.25) is 4.79 Å². The highest BCUT2D eigenvalue weighted by Crippen LogP contribution is 2.35. The fourth-order valence-electron chi connectivity index (χ4n) is 4.61. The number of benzene rings is 1. The van der Waals surface area contributed by atoms with Crippen molar-refractivity contribution in [2.75, 3.05) is 0 Å². The number of aromatic amines is 1. The number of aromatic nitrogens is 3. The smallest absolute Gasteiger partial charge is 0.303 e. The zero-order valence-corrected chi connectivity index (χ0v) is 20.6. The summed E-state index contributed by atoms with van der Waals surface area (Å²) in [6, 6.07) is 8.68. The summed E-state index contributed by atoms with van der Waals surface area (Å²) < 4.78 is 15.7. The molecule has 1 aliphatic rings. The van der Waals surface area contributed by atoms with E-state index in [2.05, 4.69) is 49.6 Å². The highest BCUT2D eigenvalue weighted by atomic mass is 79.9. The van der Waals surface area contributed by atoms with Crippen molar-refractivity contribution in [3.8, 4) is 11.4 Å². The molecule has 1 saturated carbocycles. The van der Waals surface area contributed by atoms with Crippen molar-refractivity contribution >= 4 is 38.6 Å². The first-order valence-corrected chi connectivity index (χ1v) is 12.2. The molecule has 34 heavy (non-hydrogen) atoms. The Hall–Kier alpha value is -3.06. The number of halogens is 2. The number of aliphatic carboxylic acids is 1.